The molecule has 0 amide bonds. The van der Waals surface area contributed by atoms with E-state index in [4.69, 9.17) is 0 Å². The molecule has 19 heavy (non-hydrogen) atoms. The van der Waals surface area contributed by atoms with E-state index in [2.05, 4.69) is 19.6 Å². The summed E-state index contributed by atoms with van der Waals surface area (Å²) in [6.45, 7) is 7.91. The number of rotatable bonds is 4. The fraction of sp³-hybridized carbons (Fsp3) is 1.00. The molecule has 2 aliphatic rings. The van der Waals surface area contributed by atoms with Crippen molar-refractivity contribution in [2.75, 3.05) is 0 Å². The van der Waals surface area contributed by atoms with Crippen molar-refractivity contribution in [1.82, 2.24) is 0 Å². The first-order chi connectivity index (χ1) is 8.56. The molecule has 0 aromatic carbocycles. The molecule has 2 saturated carbocycles. The van der Waals surface area contributed by atoms with E-state index in [0.29, 0.717) is 0 Å². The summed E-state index contributed by atoms with van der Waals surface area (Å²) in [7, 11) is -0.801. The number of halogens is 1. The average Bonchev–Trinajstić information content (AvgIpc) is 2.37. The molecule has 0 unspecified atom stereocenters. The van der Waals surface area contributed by atoms with E-state index >= 15 is 0 Å². The summed E-state index contributed by atoms with van der Waals surface area (Å²) in [5.41, 5.74) is 0. The second-order valence-electron chi connectivity index (χ2n) is 7.98. The van der Waals surface area contributed by atoms with Gasteiger partial charge in [0.15, 0.2) is 0 Å². The molecule has 1 radical (unpaired) electrons. The first-order valence-corrected chi connectivity index (χ1v) is 17.4. The minimum atomic E-state index is -1.11. The van der Waals surface area contributed by atoms with Crippen LogP contribution in [-0.4, -0.2) is 27.8 Å². The van der Waals surface area contributed by atoms with E-state index in [1.807, 2.05) is 4.06 Å². The summed E-state index contributed by atoms with van der Waals surface area (Å²) >= 11 is -1.11. The van der Waals surface area contributed by atoms with E-state index in [1.54, 1.807) is 64.2 Å². The molecule has 0 saturated heterocycles. The van der Waals surface area contributed by atoms with Gasteiger partial charge in [0.2, 0.25) is 0 Å². The van der Waals surface area contributed by atoms with Gasteiger partial charge in [-0.2, -0.15) is 0 Å². The van der Waals surface area contributed by atoms with Gasteiger partial charge < -0.3 is 0 Å². The Hall–Kier alpha value is 1.31. The van der Waals surface area contributed by atoms with Crippen LogP contribution in [0.2, 0.25) is 31.6 Å². The van der Waals surface area contributed by atoms with Crippen molar-refractivity contribution in [3.63, 3.8) is 0 Å². The van der Waals surface area contributed by atoms with Gasteiger partial charge in [-0.05, 0) is 0 Å². The molecule has 0 aromatic rings. The average molecular weight is 409 g/mol. The van der Waals surface area contributed by atoms with Gasteiger partial charge in [-0.15, -0.1) is 12.4 Å². The fourth-order valence-electron chi connectivity index (χ4n) is 4.18. The van der Waals surface area contributed by atoms with Crippen molar-refractivity contribution in [2.24, 2.45) is 0 Å². The van der Waals surface area contributed by atoms with Crippen molar-refractivity contribution < 1.29 is 0 Å². The van der Waals surface area contributed by atoms with Crippen molar-refractivity contribution in [3.05, 3.63) is 0 Å². The predicted molar refractivity (Wildman–Crippen MR) is 94.8 cm³/mol. The van der Waals surface area contributed by atoms with E-state index in [1.165, 1.54) is 7.87 Å². The van der Waals surface area contributed by atoms with Crippen molar-refractivity contribution in [2.45, 2.75) is 95.8 Å². The van der Waals surface area contributed by atoms with Gasteiger partial charge in [0.05, 0.1) is 0 Å². The number of hydrogen-bond acceptors (Lipinski definition) is 0. The Morgan fingerprint density at radius 3 is 1.42 bits per heavy atom. The first kappa shape index (κ1) is 18.4. The van der Waals surface area contributed by atoms with Crippen LogP contribution < -0.4 is 0 Å². The van der Waals surface area contributed by atoms with Gasteiger partial charge >= 0.3 is 124 Å². The first-order valence-electron chi connectivity index (χ1n) is 8.42. The Bertz CT molecular complexity index is 222. The van der Waals surface area contributed by atoms with E-state index in [0.717, 1.165) is 0 Å². The Morgan fingerprint density at radius 2 is 1.11 bits per heavy atom. The van der Waals surface area contributed by atoms with E-state index in [9.17, 15) is 0 Å². The summed E-state index contributed by atoms with van der Waals surface area (Å²) in [6.07, 6.45) is 16.0. The Kier molecular flexibility index (Phi) is 8.38. The van der Waals surface area contributed by atoms with Crippen LogP contribution in [0.1, 0.15) is 64.2 Å². The molecule has 0 bridgehead atoms. The summed E-state index contributed by atoms with van der Waals surface area (Å²) < 4.78 is 4.41. The van der Waals surface area contributed by atoms with Crippen molar-refractivity contribution in [1.29, 1.82) is 0 Å². The summed E-state index contributed by atoms with van der Waals surface area (Å²) in [5, 5.41) is 0. The van der Waals surface area contributed by atoms with Crippen LogP contribution in [-0.2, 0) is 0 Å². The molecule has 0 spiro atoms. The molecule has 2 rings (SSSR count). The van der Waals surface area contributed by atoms with E-state index < -0.39 is 27.8 Å². The zero-order valence-corrected chi connectivity index (χ0v) is 18.0. The van der Waals surface area contributed by atoms with Crippen LogP contribution in [0.25, 0.3) is 0 Å². The standard InChI is InChI=1S/2C6H11.C4H11Si.ClH.Sn/c2*1-2-4-6-5-3-1;1-5(2,3)4;;/h2*1H,2-6H2;1H2,2-4H3;1H;. The quantitative estimate of drug-likeness (QED) is 0.469. The van der Waals surface area contributed by atoms with Gasteiger partial charge in [0, 0.05) is 0 Å². The smallest absolute Gasteiger partial charge is 0.147 e. The molecule has 0 atom stereocenters. The summed E-state index contributed by atoms with van der Waals surface area (Å²) in [4.78, 5) is 0. The van der Waals surface area contributed by atoms with Crippen molar-refractivity contribution >= 4 is 40.2 Å². The maximum Gasteiger partial charge on any atom is -0.147 e. The maximum absolute atomic E-state index is 2.64. The van der Waals surface area contributed by atoms with Crippen LogP contribution in [0.15, 0.2) is 0 Å². The molecular weight excluding hydrogens is 374 g/mol. The SMILES string of the molecule is C[Si](C)(C)[CH2][Sn]([CH]1CCCCC1)[CH]1CCCCC1.Cl. The van der Waals surface area contributed by atoms with Gasteiger partial charge in [0.1, 0.15) is 0 Å². The Labute approximate surface area is 135 Å². The molecule has 0 N–H and O–H groups in total. The molecule has 0 heterocycles. The van der Waals surface area contributed by atoms with Crippen LogP contribution in [0.4, 0.5) is 0 Å². The van der Waals surface area contributed by atoms with Crippen molar-refractivity contribution in [3.8, 4) is 0 Å². The largest absolute Gasteiger partial charge is 0.147 e. The van der Waals surface area contributed by atoms with Crippen LogP contribution in [0, 0.1) is 0 Å². The molecular formula is C16H34ClSiSn. The molecule has 0 aliphatic heterocycles. The second kappa shape index (κ2) is 8.68. The van der Waals surface area contributed by atoms with Crippen LogP contribution in [0.3, 0.4) is 0 Å². The van der Waals surface area contributed by atoms with Gasteiger partial charge in [-0.3, -0.25) is 0 Å². The van der Waals surface area contributed by atoms with E-state index in [-0.39, 0.29) is 12.4 Å². The summed E-state index contributed by atoms with van der Waals surface area (Å²) in [5.74, 6) is 0. The Balaban J connectivity index is 0.00000180. The van der Waals surface area contributed by atoms with Gasteiger partial charge in [0.25, 0.3) is 0 Å². The minimum absolute atomic E-state index is 0. The maximum atomic E-state index is 2.64. The molecule has 3 heteroatoms. The van der Waals surface area contributed by atoms with Gasteiger partial charge in [-0.1, -0.05) is 0 Å². The normalized spacial score (nSPS) is 23.4. The summed E-state index contributed by atoms with van der Waals surface area (Å²) in [6, 6.07) is 0. The minimum Gasteiger partial charge on any atom is -0.147 e. The third kappa shape index (κ3) is 6.30. The zero-order chi connectivity index (χ0) is 13.0. The topological polar surface area (TPSA) is 0 Å². The Morgan fingerprint density at radius 1 is 0.737 bits per heavy atom. The molecule has 0 aromatic heterocycles. The molecule has 2 aliphatic carbocycles. The van der Waals surface area contributed by atoms with Crippen LogP contribution >= 0.6 is 12.4 Å². The molecule has 0 nitrogen and oxygen atoms in total. The number of hydrogen-bond donors (Lipinski definition) is 0. The fourth-order valence-corrected chi connectivity index (χ4v) is 29.9. The third-order valence-electron chi connectivity index (χ3n) is 4.99. The molecule has 2 fully saturated rings. The predicted octanol–water partition coefficient (Wildman–Crippen LogP) is 6.45. The van der Waals surface area contributed by atoms with Crippen LogP contribution in [0.5, 0.6) is 0 Å². The molecule has 113 valence electrons. The zero-order valence-electron chi connectivity index (χ0n) is 13.3. The van der Waals surface area contributed by atoms with Gasteiger partial charge in [-0.25, -0.2) is 0 Å². The third-order valence-corrected chi connectivity index (χ3v) is 28.3. The monoisotopic (exact) mass is 409 g/mol. The second-order valence-corrected chi connectivity index (χ2v) is 24.4.